The highest BCUT2D eigenvalue weighted by Crippen LogP contribution is 2.13. The Balaban J connectivity index is 1.89. The summed E-state index contributed by atoms with van der Waals surface area (Å²) in [5, 5.41) is 4.91. The SMILES string of the molecule is CCn1nc(C(=O)NNC(=O)c2cccnc2)c2ccccc2c1=O. The van der Waals surface area contributed by atoms with E-state index in [1.54, 1.807) is 49.5 Å². The van der Waals surface area contributed by atoms with Crippen LogP contribution in [0.4, 0.5) is 0 Å². The van der Waals surface area contributed by atoms with Gasteiger partial charge in [0.05, 0.1) is 10.9 Å². The number of nitrogens with zero attached hydrogens (tertiary/aromatic N) is 3. The summed E-state index contributed by atoms with van der Waals surface area (Å²) in [4.78, 5) is 40.6. The van der Waals surface area contributed by atoms with E-state index >= 15 is 0 Å². The molecule has 3 aromatic rings. The van der Waals surface area contributed by atoms with Gasteiger partial charge >= 0.3 is 0 Å². The molecule has 2 heterocycles. The van der Waals surface area contributed by atoms with Gasteiger partial charge in [0.1, 0.15) is 0 Å². The first kappa shape index (κ1) is 16.3. The summed E-state index contributed by atoms with van der Waals surface area (Å²) in [6.07, 6.45) is 2.92. The summed E-state index contributed by atoms with van der Waals surface area (Å²) in [5.74, 6) is -1.12. The third-order valence-corrected chi connectivity index (χ3v) is 3.60. The first-order chi connectivity index (χ1) is 12.1. The van der Waals surface area contributed by atoms with E-state index in [4.69, 9.17) is 0 Å². The molecule has 0 radical (unpaired) electrons. The van der Waals surface area contributed by atoms with Crippen molar-refractivity contribution in [3.63, 3.8) is 0 Å². The van der Waals surface area contributed by atoms with Gasteiger partial charge in [0.2, 0.25) is 0 Å². The molecule has 8 heteroatoms. The Hall–Kier alpha value is -3.55. The maximum Gasteiger partial charge on any atom is 0.290 e. The van der Waals surface area contributed by atoms with Crippen molar-refractivity contribution in [3.05, 3.63) is 70.4 Å². The molecule has 0 aliphatic rings. The molecule has 1 aromatic carbocycles. The second kappa shape index (κ2) is 6.91. The number of carbonyl (C=O) groups excluding carboxylic acids is 2. The van der Waals surface area contributed by atoms with Crippen LogP contribution in [0.1, 0.15) is 27.8 Å². The van der Waals surface area contributed by atoms with Crippen LogP contribution in [0.5, 0.6) is 0 Å². The predicted molar refractivity (Wildman–Crippen MR) is 90.8 cm³/mol. The minimum Gasteiger partial charge on any atom is -0.267 e. The van der Waals surface area contributed by atoms with E-state index in [0.717, 1.165) is 0 Å². The number of nitrogens with one attached hydrogen (secondary N) is 2. The largest absolute Gasteiger partial charge is 0.290 e. The molecule has 25 heavy (non-hydrogen) atoms. The van der Waals surface area contributed by atoms with E-state index in [9.17, 15) is 14.4 Å². The zero-order valence-corrected chi connectivity index (χ0v) is 13.4. The Labute approximate surface area is 142 Å². The number of hydrogen-bond acceptors (Lipinski definition) is 5. The molecule has 0 atom stereocenters. The number of fused-ring (bicyclic) bond motifs is 1. The second-order valence-electron chi connectivity index (χ2n) is 5.17. The molecule has 2 aromatic heterocycles. The molecule has 8 nitrogen and oxygen atoms in total. The fourth-order valence-electron chi connectivity index (χ4n) is 2.36. The van der Waals surface area contributed by atoms with Gasteiger partial charge in [0.15, 0.2) is 5.69 Å². The zero-order valence-electron chi connectivity index (χ0n) is 13.4. The van der Waals surface area contributed by atoms with E-state index in [1.807, 2.05) is 0 Å². The van der Waals surface area contributed by atoms with Gasteiger partial charge in [-0.15, -0.1) is 0 Å². The molecule has 0 bridgehead atoms. The summed E-state index contributed by atoms with van der Waals surface area (Å²) in [6.45, 7) is 2.08. The van der Waals surface area contributed by atoms with Gasteiger partial charge in [-0.25, -0.2) is 4.68 Å². The molecular weight excluding hydrogens is 322 g/mol. The van der Waals surface area contributed by atoms with Gasteiger partial charge in [-0.3, -0.25) is 30.2 Å². The topological polar surface area (TPSA) is 106 Å². The molecule has 3 rings (SSSR count). The number of aromatic nitrogens is 3. The number of aryl methyl sites for hydroxylation is 1. The normalized spacial score (nSPS) is 10.4. The van der Waals surface area contributed by atoms with Crippen LogP contribution in [-0.2, 0) is 6.54 Å². The minimum atomic E-state index is -0.615. The molecular formula is C17H15N5O3. The lowest BCUT2D eigenvalue weighted by Gasteiger charge is -2.10. The second-order valence-corrected chi connectivity index (χ2v) is 5.17. The predicted octanol–water partition coefficient (Wildman–Crippen LogP) is 0.886. The van der Waals surface area contributed by atoms with E-state index < -0.39 is 11.8 Å². The van der Waals surface area contributed by atoms with Crippen molar-refractivity contribution in [3.8, 4) is 0 Å². The third-order valence-electron chi connectivity index (χ3n) is 3.60. The van der Waals surface area contributed by atoms with Crippen LogP contribution < -0.4 is 16.4 Å². The lowest BCUT2D eigenvalue weighted by Crippen LogP contribution is -2.42. The number of hydrazine groups is 1. The highest BCUT2D eigenvalue weighted by molar-refractivity contribution is 6.05. The molecule has 0 aliphatic carbocycles. The Morgan fingerprint density at radius 3 is 2.44 bits per heavy atom. The number of hydrogen-bond donors (Lipinski definition) is 2. The monoisotopic (exact) mass is 337 g/mol. The molecule has 0 saturated heterocycles. The quantitative estimate of drug-likeness (QED) is 0.690. The average molecular weight is 337 g/mol. The first-order valence-corrected chi connectivity index (χ1v) is 7.62. The summed E-state index contributed by atoms with van der Waals surface area (Å²) < 4.78 is 1.21. The summed E-state index contributed by atoms with van der Waals surface area (Å²) in [6, 6.07) is 9.89. The smallest absolute Gasteiger partial charge is 0.267 e. The van der Waals surface area contributed by atoms with Crippen molar-refractivity contribution in [2.75, 3.05) is 0 Å². The van der Waals surface area contributed by atoms with Gasteiger partial charge in [-0.1, -0.05) is 18.2 Å². The highest BCUT2D eigenvalue weighted by atomic mass is 16.2. The fourth-order valence-corrected chi connectivity index (χ4v) is 2.36. The minimum absolute atomic E-state index is 0.0588. The maximum absolute atomic E-state index is 12.5. The van der Waals surface area contributed by atoms with Gasteiger partial charge in [0.25, 0.3) is 17.4 Å². The summed E-state index contributed by atoms with van der Waals surface area (Å²) in [7, 11) is 0. The lowest BCUT2D eigenvalue weighted by molar-refractivity contribution is 0.0843. The van der Waals surface area contributed by atoms with Crippen LogP contribution in [-0.4, -0.2) is 26.6 Å². The fraction of sp³-hybridized carbons (Fsp3) is 0.118. The van der Waals surface area contributed by atoms with E-state index in [0.29, 0.717) is 22.9 Å². The third kappa shape index (κ3) is 3.23. The van der Waals surface area contributed by atoms with Crippen LogP contribution >= 0.6 is 0 Å². The highest BCUT2D eigenvalue weighted by Gasteiger charge is 2.17. The van der Waals surface area contributed by atoms with Crippen molar-refractivity contribution in [2.45, 2.75) is 13.5 Å². The Morgan fingerprint density at radius 2 is 1.76 bits per heavy atom. The number of pyridine rings is 1. The Kier molecular flexibility index (Phi) is 4.51. The summed E-state index contributed by atoms with van der Waals surface area (Å²) in [5.41, 5.74) is 4.72. The van der Waals surface area contributed by atoms with Crippen LogP contribution in [0.3, 0.4) is 0 Å². The lowest BCUT2D eigenvalue weighted by atomic mass is 10.1. The molecule has 2 N–H and O–H groups in total. The average Bonchev–Trinajstić information content (AvgIpc) is 2.67. The van der Waals surface area contributed by atoms with E-state index in [-0.39, 0.29) is 11.3 Å². The molecule has 126 valence electrons. The maximum atomic E-state index is 12.5. The van der Waals surface area contributed by atoms with E-state index in [1.165, 1.54) is 10.9 Å². The number of carbonyl (C=O) groups is 2. The standard InChI is InChI=1S/C17H15N5O3/c1-2-22-17(25)13-8-4-3-7-12(13)14(21-22)16(24)20-19-15(23)11-6-5-9-18-10-11/h3-10H,2H2,1H3,(H,19,23)(H,20,24). The molecule has 2 amide bonds. The first-order valence-electron chi connectivity index (χ1n) is 7.62. The van der Waals surface area contributed by atoms with Gasteiger partial charge in [0, 0.05) is 24.3 Å². The van der Waals surface area contributed by atoms with Crippen molar-refractivity contribution >= 4 is 22.6 Å². The van der Waals surface area contributed by atoms with Crippen molar-refractivity contribution in [1.82, 2.24) is 25.6 Å². The van der Waals surface area contributed by atoms with Gasteiger partial charge in [-0.2, -0.15) is 5.10 Å². The van der Waals surface area contributed by atoms with Gasteiger partial charge < -0.3 is 0 Å². The van der Waals surface area contributed by atoms with Gasteiger partial charge in [-0.05, 0) is 25.1 Å². The zero-order chi connectivity index (χ0) is 17.8. The number of benzene rings is 1. The molecule has 0 spiro atoms. The van der Waals surface area contributed by atoms with E-state index in [2.05, 4.69) is 20.9 Å². The van der Waals surface area contributed by atoms with Crippen LogP contribution in [0.2, 0.25) is 0 Å². The molecule has 0 fully saturated rings. The van der Waals surface area contributed by atoms with Crippen molar-refractivity contribution < 1.29 is 9.59 Å². The van der Waals surface area contributed by atoms with Crippen LogP contribution in [0.15, 0.2) is 53.6 Å². The summed E-state index contributed by atoms with van der Waals surface area (Å²) >= 11 is 0. The Bertz CT molecular complexity index is 998. The number of amides is 2. The molecule has 0 aliphatic heterocycles. The molecule has 0 unspecified atom stereocenters. The number of rotatable bonds is 3. The Morgan fingerprint density at radius 1 is 1.04 bits per heavy atom. The van der Waals surface area contributed by atoms with Crippen LogP contribution in [0, 0.1) is 0 Å². The van der Waals surface area contributed by atoms with Crippen LogP contribution in [0.25, 0.3) is 10.8 Å². The molecule has 0 saturated carbocycles. The van der Waals surface area contributed by atoms with Crippen molar-refractivity contribution in [1.29, 1.82) is 0 Å². The van der Waals surface area contributed by atoms with Crippen molar-refractivity contribution in [2.24, 2.45) is 0 Å².